The number of amides is 1. The monoisotopic (exact) mass is 336 g/mol. The molecule has 1 fully saturated rings. The second kappa shape index (κ2) is 9.61. The molecular formula is C18H28N2O4. The highest BCUT2D eigenvalue weighted by Crippen LogP contribution is 2.31. The summed E-state index contributed by atoms with van der Waals surface area (Å²) in [6.07, 6.45) is 2.39. The average molecular weight is 336 g/mol. The van der Waals surface area contributed by atoms with Gasteiger partial charge in [-0.15, -0.1) is 0 Å². The Labute approximate surface area is 143 Å². The molecule has 1 aliphatic heterocycles. The Morgan fingerprint density at radius 3 is 2.71 bits per heavy atom. The topological polar surface area (TPSA) is 68.8 Å². The van der Waals surface area contributed by atoms with Gasteiger partial charge in [-0.3, -0.25) is 4.79 Å². The molecule has 0 atom stereocenters. The lowest BCUT2D eigenvalue weighted by Gasteiger charge is -2.35. The minimum Gasteiger partial charge on any atom is -0.493 e. The average Bonchev–Trinajstić information content (AvgIpc) is 2.60. The van der Waals surface area contributed by atoms with E-state index in [0.29, 0.717) is 19.8 Å². The molecule has 2 N–H and O–H groups in total. The molecule has 1 heterocycles. The van der Waals surface area contributed by atoms with Gasteiger partial charge in [0.1, 0.15) is 5.75 Å². The molecule has 0 saturated carbocycles. The molecule has 24 heavy (non-hydrogen) atoms. The van der Waals surface area contributed by atoms with Crippen molar-refractivity contribution in [1.29, 1.82) is 0 Å². The second-order valence-corrected chi connectivity index (χ2v) is 6.14. The molecular weight excluding hydrogens is 308 g/mol. The fourth-order valence-electron chi connectivity index (χ4n) is 2.94. The first-order valence-electron chi connectivity index (χ1n) is 8.43. The molecule has 0 unspecified atom stereocenters. The van der Waals surface area contributed by atoms with Crippen molar-refractivity contribution >= 4 is 11.6 Å². The summed E-state index contributed by atoms with van der Waals surface area (Å²) < 4.78 is 16.0. The number of carbonyl (C=O) groups excluding carboxylic acids is 1. The van der Waals surface area contributed by atoms with E-state index in [-0.39, 0.29) is 5.91 Å². The van der Waals surface area contributed by atoms with E-state index >= 15 is 0 Å². The Morgan fingerprint density at radius 2 is 2.00 bits per heavy atom. The third-order valence-electron chi connectivity index (χ3n) is 4.32. The van der Waals surface area contributed by atoms with Crippen molar-refractivity contribution < 1.29 is 19.0 Å². The van der Waals surface area contributed by atoms with Crippen molar-refractivity contribution in [3.05, 3.63) is 24.3 Å². The Bertz CT molecular complexity index is 510. The minimum atomic E-state index is -0.463. The van der Waals surface area contributed by atoms with Gasteiger partial charge in [-0.1, -0.05) is 6.07 Å². The third-order valence-corrected chi connectivity index (χ3v) is 4.32. The molecule has 1 aliphatic rings. The predicted octanol–water partition coefficient (Wildman–Crippen LogP) is 2.06. The van der Waals surface area contributed by atoms with Crippen LogP contribution in [0.3, 0.4) is 0 Å². The number of hydrogen-bond acceptors (Lipinski definition) is 5. The molecule has 2 rings (SSSR count). The van der Waals surface area contributed by atoms with Gasteiger partial charge in [0.15, 0.2) is 0 Å². The molecule has 134 valence electrons. The number of anilines is 1. The highest BCUT2D eigenvalue weighted by Gasteiger charge is 2.39. The number of rotatable bonds is 9. The third kappa shape index (κ3) is 5.19. The number of piperidine rings is 1. The largest absolute Gasteiger partial charge is 0.493 e. The molecule has 6 heteroatoms. The van der Waals surface area contributed by atoms with E-state index in [1.807, 2.05) is 24.3 Å². The maximum Gasteiger partial charge on any atom is 0.233 e. The van der Waals surface area contributed by atoms with Gasteiger partial charge in [0, 0.05) is 39.0 Å². The summed E-state index contributed by atoms with van der Waals surface area (Å²) >= 11 is 0. The first-order valence-corrected chi connectivity index (χ1v) is 8.43. The van der Waals surface area contributed by atoms with Crippen LogP contribution in [0, 0.1) is 5.41 Å². The van der Waals surface area contributed by atoms with E-state index in [0.717, 1.165) is 43.8 Å². The fourth-order valence-corrected chi connectivity index (χ4v) is 2.94. The fraction of sp³-hybridized carbons (Fsp3) is 0.611. The van der Waals surface area contributed by atoms with Crippen molar-refractivity contribution in [2.45, 2.75) is 19.3 Å². The van der Waals surface area contributed by atoms with Crippen LogP contribution < -0.4 is 15.4 Å². The summed E-state index contributed by atoms with van der Waals surface area (Å²) in [7, 11) is 3.32. The highest BCUT2D eigenvalue weighted by atomic mass is 16.5. The molecule has 1 amide bonds. The molecule has 0 aromatic heterocycles. The summed E-state index contributed by atoms with van der Waals surface area (Å²) in [6, 6.07) is 7.50. The number of carbonyl (C=O) groups is 1. The van der Waals surface area contributed by atoms with E-state index in [1.165, 1.54) is 0 Å². The van der Waals surface area contributed by atoms with E-state index < -0.39 is 5.41 Å². The summed E-state index contributed by atoms with van der Waals surface area (Å²) in [4.78, 5) is 12.8. The number of benzene rings is 1. The van der Waals surface area contributed by atoms with Crippen LogP contribution in [0.5, 0.6) is 5.75 Å². The standard InChI is InChI=1S/C18H28N2O4/c1-22-11-4-12-24-16-6-3-5-15(13-16)20-17(21)18(14-23-2)7-9-19-10-8-18/h3,5-6,13,19H,4,7-12,14H2,1-2H3,(H,20,21). The maximum atomic E-state index is 12.8. The molecule has 1 aromatic rings. The smallest absolute Gasteiger partial charge is 0.233 e. The Hall–Kier alpha value is -1.63. The first kappa shape index (κ1) is 18.7. The molecule has 1 aromatic carbocycles. The van der Waals surface area contributed by atoms with Gasteiger partial charge in [0.25, 0.3) is 0 Å². The molecule has 1 saturated heterocycles. The van der Waals surface area contributed by atoms with Crippen LogP contribution >= 0.6 is 0 Å². The Balaban J connectivity index is 1.97. The number of methoxy groups -OCH3 is 2. The SMILES string of the molecule is COCCCOc1cccc(NC(=O)C2(COC)CCNCC2)c1. The van der Waals surface area contributed by atoms with Gasteiger partial charge in [0.05, 0.1) is 18.6 Å². The van der Waals surface area contributed by atoms with Gasteiger partial charge in [-0.05, 0) is 38.1 Å². The molecule has 0 bridgehead atoms. The first-order chi connectivity index (χ1) is 11.7. The normalized spacial score (nSPS) is 16.6. The van der Waals surface area contributed by atoms with E-state index in [4.69, 9.17) is 14.2 Å². The molecule has 0 aliphatic carbocycles. The minimum absolute atomic E-state index is 0.0161. The van der Waals surface area contributed by atoms with Gasteiger partial charge >= 0.3 is 0 Å². The van der Waals surface area contributed by atoms with Crippen LogP contribution in [0.4, 0.5) is 5.69 Å². The number of ether oxygens (including phenoxy) is 3. The van der Waals surface area contributed by atoms with Crippen LogP contribution in [-0.4, -0.2) is 53.0 Å². The van der Waals surface area contributed by atoms with Crippen molar-refractivity contribution in [1.82, 2.24) is 5.32 Å². The maximum absolute atomic E-state index is 12.8. The van der Waals surface area contributed by atoms with Crippen LogP contribution in [0.25, 0.3) is 0 Å². The van der Waals surface area contributed by atoms with Gasteiger partial charge in [0.2, 0.25) is 5.91 Å². The van der Waals surface area contributed by atoms with Crippen LogP contribution in [0.15, 0.2) is 24.3 Å². The van der Waals surface area contributed by atoms with Crippen LogP contribution in [0.2, 0.25) is 0 Å². The van der Waals surface area contributed by atoms with E-state index in [2.05, 4.69) is 10.6 Å². The van der Waals surface area contributed by atoms with Crippen molar-refractivity contribution in [2.24, 2.45) is 5.41 Å². The van der Waals surface area contributed by atoms with Crippen LogP contribution in [-0.2, 0) is 14.3 Å². The number of nitrogens with one attached hydrogen (secondary N) is 2. The molecule has 0 spiro atoms. The van der Waals surface area contributed by atoms with Crippen LogP contribution in [0.1, 0.15) is 19.3 Å². The van der Waals surface area contributed by atoms with Crippen molar-refractivity contribution in [3.8, 4) is 5.75 Å². The Morgan fingerprint density at radius 1 is 1.21 bits per heavy atom. The molecule has 0 radical (unpaired) electrons. The van der Waals surface area contributed by atoms with Gasteiger partial charge in [-0.25, -0.2) is 0 Å². The van der Waals surface area contributed by atoms with E-state index in [1.54, 1.807) is 14.2 Å². The lowest BCUT2D eigenvalue weighted by molar-refractivity contribution is -0.130. The number of hydrogen-bond donors (Lipinski definition) is 2. The lowest BCUT2D eigenvalue weighted by atomic mass is 9.78. The van der Waals surface area contributed by atoms with Gasteiger partial charge in [-0.2, -0.15) is 0 Å². The van der Waals surface area contributed by atoms with E-state index in [9.17, 15) is 4.79 Å². The summed E-state index contributed by atoms with van der Waals surface area (Å²) in [5, 5.41) is 6.32. The molecule has 6 nitrogen and oxygen atoms in total. The summed E-state index contributed by atoms with van der Waals surface area (Å²) in [6.45, 7) is 3.36. The zero-order valence-electron chi connectivity index (χ0n) is 14.6. The zero-order valence-corrected chi connectivity index (χ0v) is 14.6. The summed E-state index contributed by atoms with van der Waals surface area (Å²) in [5.74, 6) is 0.761. The van der Waals surface area contributed by atoms with Crippen molar-refractivity contribution in [2.75, 3.05) is 52.4 Å². The van der Waals surface area contributed by atoms with Crippen molar-refractivity contribution in [3.63, 3.8) is 0 Å². The Kier molecular flexibility index (Phi) is 7.49. The predicted molar refractivity (Wildman–Crippen MR) is 93.5 cm³/mol. The zero-order chi connectivity index (χ0) is 17.3. The second-order valence-electron chi connectivity index (χ2n) is 6.14. The highest BCUT2D eigenvalue weighted by molar-refractivity contribution is 5.95. The quantitative estimate of drug-likeness (QED) is 0.676. The summed E-state index contributed by atoms with van der Waals surface area (Å²) in [5.41, 5.74) is 0.285. The van der Waals surface area contributed by atoms with Gasteiger partial charge < -0.3 is 24.8 Å². The lowest BCUT2D eigenvalue weighted by Crippen LogP contribution is -2.47.